The molecule has 8 rings (SSSR count). The van der Waals surface area contributed by atoms with Gasteiger partial charge in [-0.05, 0) is 81.5 Å². The molecular weight excluding hydrogens is 506 g/mol. The zero-order valence-electron chi connectivity index (χ0n) is 24.8. The molecule has 1 fully saturated rings. The van der Waals surface area contributed by atoms with Gasteiger partial charge in [-0.3, -0.25) is 0 Å². The van der Waals surface area contributed by atoms with Crippen LogP contribution in [0.25, 0.3) is 54.7 Å². The van der Waals surface area contributed by atoms with E-state index in [-0.39, 0.29) is 5.41 Å². The molecular formula is C36H36N3O2+. The van der Waals surface area contributed by atoms with Gasteiger partial charge in [0.05, 0.1) is 5.52 Å². The predicted molar refractivity (Wildman–Crippen MR) is 165 cm³/mol. The zero-order valence-corrected chi connectivity index (χ0v) is 24.8. The van der Waals surface area contributed by atoms with Crippen LogP contribution in [0.5, 0.6) is 0 Å². The normalized spacial score (nSPS) is 25.1. The van der Waals surface area contributed by atoms with Crippen LogP contribution in [0, 0.1) is 5.41 Å². The zero-order chi connectivity index (χ0) is 28.7. The average molecular weight is 543 g/mol. The third-order valence-corrected chi connectivity index (χ3v) is 10.5. The summed E-state index contributed by atoms with van der Waals surface area (Å²) in [6.07, 6.45) is 2.87. The minimum Gasteiger partial charge on any atom is -0.361 e. The van der Waals surface area contributed by atoms with Crippen LogP contribution in [0.3, 0.4) is 0 Å². The smallest absolute Gasteiger partial charge is 0.290 e. The van der Waals surface area contributed by atoms with E-state index in [0.29, 0.717) is 0 Å². The molecule has 2 aliphatic rings. The second-order valence-electron chi connectivity index (χ2n) is 13.7. The molecule has 5 nitrogen and oxygen atoms in total. The van der Waals surface area contributed by atoms with E-state index in [0.717, 1.165) is 39.7 Å². The summed E-state index contributed by atoms with van der Waals surface area (Å²) < 4.78 is 10.5. The Hall–Kier alpha value is -3.80. The Morgan fingerprint density at radius 2 is 1.59 bits per heavy atom. The SMILES string of the molecule is COC1(O)C2(C)c3cc4ccccc4cc3-c3c4c5cc6ccccc6c(CC(C)(C)C)c5n(C)c4nc[n+]3C12C. The maximum Gasteiger partial charge on any atom is 0.290 e. The van der Waals surface area contributed by atoms with Gasteiger partial charge in [0, 0.05) is 25.1 Å². The van der Waals surface area contributed by atoms with Gasteiger partial charge in [0.25, 0.3) is 12.0 Å². The van der Waals surface area contributed by atoms with Crippen molar-refractivity contribution in [2.75, 3.05) is 7.11 Å². The molecule has 1 N–H and O–H groups in total. The van der Waals surface area contributed by atoms with Crippen LogP contribution >= 0.6 is 0 Å². The highest BCUT2D eigenvalue weighted by Gasteiger charge is 2.91. The summed E-state index contributed by atoms with van der Waals surface area (Å²) in [4.78, 5) is 5.11. The number of hydrogen-bond donors (Lipinski definition) is 1. The van der Waals surface area contributed by atoms with E-state index in [2.05, 4.69) is 118 Å². The van der Waals surface area contributed by atoms with Crippen molar-refractivity contribution in [3.05, 3.63) is 84.2 Å². The van der Waals surface area contributed by atoms with E-state index in [9.17, 15) is 5.11 Å². The van der Waals surface area contributed by atoms with Gasteiger partial charge in [-0.25, -0.2) is 4.57 Å². The molecule has 2 aromatic heterocycles. The first-order valence-electron chi connectivity index (χ1n) is 14.5. The molecule has 0 radical (unpaired) electrons. The van der Waals surface area contributed by atoms with Crippen LogP contribution in [0.2, 0.25) is 0 Å². The van der Waals surface area contributed by atoms with Crippen molar-refractivity contribution in [2.24, 2.45) is 12.5 Å². The standard InChI is InChI=1S/C36H36N3O2/c1-33(2,3)19-27-24-15-11-10-14-23(24)17-26-29-31-25-16-21-12-8-9-13-22(21)18-28(25)34(4)35(5,36(34,40)41-7)39(31)20-37-32(29)38(6)30(26)27/h8-18,20,40H,19H2,1-7H3/q+1. The number of fused-ring (bicyclic) bond motifs is 12. The summed E-state index contributed by atoms with van der Waals surface area (Å²) >= 11 is 0. The molecule has 6 aromatic rings. The Bertz CT molecular complexity index is 2120. The van der Waals surface area contributed by atoms with Gasteiger partial charge in [-0.2, -0.15) is 0 Å². The monoisotopic (exact) mass is 542 g/mol. The van der Waals surface area contributed by atoms with Gasteiger partial charge in [-0.15, -0.1) is 0 Å². The van der Waals surface area contributed by atoms with Crippen molar-refractivity contribution in [3.63, 3.8) is 0 Å². The highest BCUT2D eigenvalue weighted by atomic mass is 16.6. The van der Waals surface area contributed by atoms with E-state index in [4.69, 9.17) is 9.72 Å². The van der Waals surface area contributed by atoms with Crippen LogP contribution in [-0.2, 0) is 29.2 Å². The van der Waals surface area contributed by atoms with Gasteiger partial charge in [0.15, 0.2) is 5.54 Å². The first-order chi connectivity index (χ1) is 19.5. The third-order valence-electron chi connectivity index (χ3n) is 10.5. The molecule has 1 aliphatic carbocycles. The lowest BCUT2D eigenvalue weighted by molar-refractivity contribution is -0.743. The quantitative estimate of drug-likeness (QED) is 0.191. The van der Waals surface area contributed by atoms with Crippen molar-refractivity contribution in [1.82, 2.24) is 9.55 Å². The molecule has 0 saturated heterocycles. The maximum atomic E-state index is 12.1. The van der Waals surface area contributed by atoms with Gasteiger partial charge in [0.1, 0.15) is 16.5 Å². The number of benzene rings is 4. The van der Waals surface area contributed by atoms with Crippen LogP contribution in [0.1, 0.15) is 45.7 Å². The molecule has 1 saturated carbocycles. The Balaban J connectivity index is 1.60. The van der Waals surface area contributed by atoms with Crippen LogP contribution < -0.4 is 4.57 Å². The fourth-order valence-electron chi connectivity index (χ4n) is 8.29. The van der Waals surface area contributed by atoms with Crippen molar-refractivity contribution in [1.29, 1.82) is 0 Å². The number of aromatic nitrogens is 3. The van der Waals surface area contributed by atoms with Crippen LogP contribution in [-0.4, -0.2) is 27.6 Å². The Kier molecular flexibility index (Phi) is 4.58. The number of methoxy groups -OCH3 is 1. The minimum atomic E-state index is -1.38. The Morgan fingerprint density at radius 1 is 0.927 bits per heavy atom. The van der Waals surface area contributed by atoms with Crippen molar-refractivity contribution in [3.8, 4) is 11.3 Å². The first-order valence-corrected chi connectivity index (χ1v) is 14.5. The summed E-state index contributed by atoms with van der Waals surface area (Å²) in [5.41, 5.74) is 5.60. The van der Waals surface area contributed by atoms with E-state index in [1.54, 1.807) is 7.11 Å². The molecule has 3 heterocycles. The minimum absolute atomic E-state index is 0.110. The maximum absolute atomic E-state index is 12.1. The lowest BCUT2D eigenvalue weighted by atomic mass is 9.81. The Morgan fingerprint density at radius 3 is 2.27 bits per heavy atom. The first kappa shape index (κ1) is 25.0. The Labute approximate surface area is 240 Å². The number of aliphatic hydroxyl groups is 1. The molecule has 206 valence electrons. The summed E-state index contributed by atoms with van der Waals surface area (Å²) in [7, 11) is 3.76. The molecule has 4 aromatic carbocycles. The van der Waals surface area contributed by atoms with Crippen molar-refractivity contribution < 1.29 is 14.4 Å². The largest absolute Gasteiger partial charge is 0.361 e. The molecule has 5 heteroatoms. The fraction of sp³-hybridized carbons (Fsp3) is 0.333. The van der Waals surface area contributed by atoms with E-state index >= 15 is 0 Å². The second-order valence-corrected chi connectivity index (χ2v) is 13.7. The van der Waals surface area contributed by atoms with Crippen molar-refractivity contribution >= 4 is 43.5 Å². The number of aryl methyl sites for hydroxylation is 1. The van der Waals surface area contributed by atoms with Gasteiger partial charge in [-0.1, -0.05) is 69.3 Å². The van der Waals surface area contributed by atoms with Gasteiger partial charge < -0.3 is 14.4 Å². The summed E-state index contributed by atoms with van der Waals surface area (Å²) in [6.45, 7) is 11.2. The third kappa shape index (κ3) is 2.74. The van der Waals surface area contributed by atoms with Crippen LogP contribution in [0.4, 0.5) is 0 Å². The predicted octanol–water partition coefficient (Wildman–Crippen LogP) is 6.91. The summed E-state index contributed by atoms with van der Waals surface area (Å²) in [5, 5.41) is 19.3. The highest BCUT2D eigenvalue weighted by Crippen LogP contribution is 2.71. The molecule has 0 spiro atoms. The lowest BCUT2D eigenvalue weighted by Gasteiger charge is -2.26. The van der Waals surface area contributed by atoms with E-state index in [1.807, 2.05) is 6.33 Å². The second kappa shape index (κ2) is 7.53. The molecule has 3 atom stereocenters. The fourth-order valence-corrected chi connectivity index (χ4v) is 8.29. The van der Waals surface area contributed by atoms with E-state index in [1.165, 1.54) is 32.6 Å². The molecule has 41 heavy (non-hydrogen) atoms. The van der Waals surface area contributed by atoms with Gasteiger partial charge in [0.2, 0.25) is 5.79 Å². The van der Waals surface area contributed by atoms with Crippen molar-refractivity contribution in [2.45, 2.75) is 57.8 Å². The average Bonchev–Trinajstić information content (AvgIpc) is 3.19. The number of hydrogen-bond acceptors (Lipinski definition) is 3. The van der Waals surface area contributed by atoms with Gasteiger partial charge >= 0.3 is 0 Å². The molecule has 0 amide bonds. The topological polar surface area (TPSA) is 51.2 Å². The summed E-state index contributed by atoms with van der Waals surface area (Å²) in [5.74, 6) is -1.38. The number of nitrogens with zero attached hydrogens (tertiary/aromatic N) is 3. The number of ether oxygens (including phenoxy) is 1. The number of rotatable bonds is 2. The molecule has 1 aliphatic heterocycles. The van der Waals surface area contributed by atoms with Crippen LogP contribution in [0.15, 0.2) is 73.1 Å². The molecule has 0 bridgehead atoms. The van der Waals surface area contributed by atoms with E-state index < -0.39 is 16.7 Å². The lowest BCUT2D eigenvalue weighted by Crippen LogP contribution is -2.55. The summed E-state index contributed by atoms with van der Waals surface area (Å²) in [6, 6.07) is 24.1. The molecule has 3 unspecified atom stereocenters. The highest BCUT2D eigenvalue weighted by molar-refractivity contribution is 6.17.